The van der Waals surface area contributed by atoms with E-state index in [1.807, 2.05) is 30.3 Å². The average Bonchev–Trinajstić information content (AvgIpc) is 2.53. The SMILES string of the molecule is COCCNCC1CCCN(CCOc2ccccc2)C1. The summed E-state index contributed by atoms with van der Waals surface area (Å²) in [5.41, 5.74) is 0. The Kier molecular flexibility index (Phi) is 7.57. The topological polar surface area (TPSA) is 33.7 Å². The molecule has 21 heavy (non-hydrogen) atoms. The van der Waals surface area contributed by atoms with Crippen molar-refractivity contribution in [2.75, 3.05) is 53.0 Å². The Morgan fingerprint density at radius 3 is 2.90 bits per heavy atom. The summed E-state index contributed by atoms with van der Waals surface area (Å²) >= 11 is 0. The van der Waals surface area contributed by atoms with Crippen LogP contribution in [0.1, 0.15) is 12.8 Å². The molecular weight excluding hydrogens is 264 g/mol. The molecule has 1 aromatic carbocycles. The van der Waals surface area contributed by atoms with Crippen molar-refractivity contribution in [3.63, 3.8) is 0 Å². The van der Waals surface area contributed by atoms with Crippen molar-refractivity contribution in [2.45, 2.75) is 12.8 Å². The maximum absolute atomic E-state index is 5.78. The standard InChI is InChI=1S/C17H28N2O2/c1-20-12-9-18-14-16-6-5-10-19(15-16)11-13-21-17-7-3-2-4-8-17/h2-4,7-8,16,18H,5-6,9-15H2,1H3. The molecule has 0 spiro atoms. The van der Waals surface area contributed by atoms with Crippen LogP contribution >= 0.6 is 0 Å². The van der Waals surface area contributed by atoms with Gasteiger partial charge in [0.25, 0.3) is 0 Å². The zero-order chi connectivity index (χ0) is 14.8. The summed E-state index contributed by atoms with van der Waals surface area (Å²) in [6.45, 7) is 7.01. The lowest BCUT2D eigenvalue weighted by molar-refractivity contribution is 0.142. The third kappa shape index (κ3) is 6.46. The van der Waals surface area contributed by atoms with Crippen LogP contribution in [0, 0.1) is 5.92 Å². The average molecular weight is 292 g/mol. The molecule has 1 unspecified atom stereocenters. The lowest BCUT2D eigenvalue weighted by Crippen LogP contribution is -2.41. The molecule has 1 aliphatic rings. The Balaban J connectivity index is 1.60. The molecule has 1 aliphatic heterocycles. The number of ether oxygens (including phenoxy) is 2. The number of para-hydroxylation sites is 1. The highest BCUT2D eigenvalue weighted by Crippen LogP contribution is 2.15. The molecule has 0 amide bonds. The quantitative estimate of drug-likeness (QED) is 0.706. The number of rotatable bonds is 9. The lowest BCUT2D eigenvalue weighted by Gasteiger charge is -2.32. The Hall–Kier alpha value is -1.10. The number of nitrogens with one attached hydrogen (secondary N) is 1. The summed E-state index contributed by atoms with van der Waals surface area (Å²) in [7, 11) is 1.75. The third-order valence-corrected chi connectivity index (χ3v) is 3.94. The molecule has 1 atom stereocenters. The minimum Gasteiger partial charge on any atom is -0.492 e. The van der Waals surface area contributed by atoms with Crippen LogP contribution in [0.15, 0.2) is 30.3 Å². The fourth-order valence-corrected chi connectivity index (χ4v) is 2.81. The van der Waals surface area contributed by atoms with Crippen molar-refractivity contribution in [3.05, 3.63) is 30.3 Å². The van der Waals surface area contributed by atoms with Crippen LogP contribution in [0.2, 0.25) is 0 Å². The summed E-state index contributed by atoms with van der Waals surface area (Å²) in [5.74, 6) is 1.72. The number of methoxy groups -OCH3 is 1. The van der Waals surface area contributed by atoms with Gasteiger partial charge in [-0.25, -0.2) is 0 Å². The van der Waals surface area contributed by atoms with Gasteiger partial charge in [-0.3, -0.25) is 4.90 Å². The minimum atomic E-state index is 0.757. The summed E-state index contributed by atoms with van der Waals surface area (Å²) in [4.78, 5) is 2.52. The zero-order valence-electron chi connectivity index (χ0n) is 13.1. The summed E-state index contributed by atoms with van der Waals surface area (Å²) in [6, 6.07) is 10.1. The highest BCUT2D eigenvalue weighted by atomic mass is 16.5. The normalized spacial score (nSPS) is 19.6. The Labute approximate surface area is 128 Å². The maximum Gasteiger partial charge on any atom is 0.119 e. The van der Waals surface area contributed by atoms with E-state index in [2.05, 4.69) is 10.2 Å². The first-order chi connectivity index (χ1) is 10.4. The van der Waals surface area contributed by atoms with Gasteiger partial charge in [-0.05, 0) is 44.0 Å². The van der Waals surface area contributed by atoms with Gasteiger partial charge in [-0.15, -0.1) is 0 Å². The van der Waals surface area contributed by atoms with Crippen LogP contribution in [0.25, 0.3) is 0 Å². The first-order valence-corrected chi connectivity index (χ1v) is 7.98. The van der Waals surface area contributed by atoms with E-state index < -0.39 is 0 Å². The molecule has 4 nitrogen and oxygen atoms in total. The smallest absolute Gasteiger partial charge is 0.119 e. The number of hydrogen-bond acceptors (Lipinski definition) is 4. The molecule has 1 aromatic rings. The molecule has 2 rings (SSSR count). The molecule has 0 aliphatic carbocycles. The highest BCUT2D eigenvalue weighted by molar-refractivity contribution is 5.20. The molecule has 118 valence electrons. The first-order valence-electron chi connectivity index (χ1n) is 7.98. The van der Waals surface area contributed by atoms with Crippen LogP contribution in [0.3, 0.4) is 0 Å². The molecule has 0 aromatic heterocycles. The van der Waals surface area contributed by atoms with E-state index in [4.69, 9.17) is 9.47 Å². The summed E-state index contributed by atoms with van der Waals surface area (Å²) in [6.07, 6.45) is 2.62. The van der Waals surface area contributed by atoms with Crippen LogP contribution < -0.4 is 10.1 Å². The summed E-state index contributed by atoms with van der Waals surface area (Å²) in [5, 5.41) is 3.48. The van der Waals surface area contributed by atoms with Crippen LogP contribution in [-0.4, -0.2) is 57.9 Å². The molecule has 1 fully saturated rings. The van der Waals surface area contributed by atoms with E-state index in [-0.39, 0.29) is 0 Å². The van der Waals surface area contributed by atoms with E-state index in [0.29, 0.717) is 0 Å². The molecule has 1 heterocycles. The van der Waals surface area contributed by atoms with Gasteiger partial charge < -0.3 is 14.8 Å². The van der Waals surface area contributed by atoms with Gasteiger partial charge >= 0.3 is 0 Å². The first kappa shape index (κ1) is 16.3. The van der Waals surface area contributed by atoms with Crippen LogP contribution in [0.5, 0.6) is 5.75 Å². The predicted molar refractivity (Wildman–Crippen MR) is 85.8 cm³/mol. The monoisotopic (exact) mass is 292 g/mol. The second-order valence-corrected chi connectivity index (χ2v) is 5.67. The van der Waals surface area contributed by atoms with Gasteiger partial charge in [0, 0.05) is 26.7 Å². The largest absolute Gasteiger partial charge is 0.492 e. The van der Waals surface area contributed by atoms with Gasteiger partial charge in [-0.1, -0.05) is 18.2 Å². The number of piperidine rings is 1. The fourth-order valence-electron chi connectivity index (χ4n) is 2.81. The molecule has 0 radical (unpaired) electrons. The number of benzene rings is 1. The van der Waals surface area contributed by atoms with Crippen LogP contribution in [0.4, 0.5) is 0 Å². The van der Waals surface area contributed by atoms with Gasteiger partial charge in [0.15, 0.2) is 0 Å². The van der Waals surface area contributed by atoms with Crippen molar-refractivity contribution in [2.24, 2.45) is 5.92 Å². The maximum atomic E-state index is 5.78. The van der Waals surface area contributed by atoms with E-state index in [1.54, 1.807) is 7.11 Å². The molecule has 4 heteroatoms. The minimum absolute atomic E-state index is 0.757. The molecule has 1 saturated heterocycles. The van der Waals surface area contributed by atoms with E-state index in [9.17, 15) is 0 Å². The van der Waals surface area contributed by atoms with E-state index in [0.717, 1.165) is 44.5 Å². The van der Waals surface area contributed by atoms with Crippen molar-refractivity contribution in [1.82, 2.24) is 10.2 Å². The molecule has 0 saturated carbocycles. The molecular formula is C17H28N2O2. The Morgan fingerprint density at radius 2 is 2.10 bits per heavy atom. The van der Waals surface area contributed by atoms with Gasteiger partial charge in [0.2, 0.25) is 0 Å². The Morgan fingerprint density at radius 1 is 1.24 bits per heavy atom. The van der Waals surface area contributed by atoms with Crippen molar-refractivity contribution >= 4 is 0 Å². The van der Waals surface area contributed by atoms with E-state index in [1.165, 1.54) is 25.9 Å². The van der Waals surface area contributed by atoms with Crippen molar-refractivity contribution in [1.29, 1.82) is 0 Å². The van der Waals surface area contributed by atoms with Crippen LogP contribution in [-0.2, 0) is 4.74 Å². The fraction of sp³-hybridized carbons (Fsp3) is 0.647. The number of nitrogens with zero attached hydrogens (tertiary/aromatic N) is 1. The van der Waals surface area contributed by atoms with Crippen molar-refractivity contribution in [3.8, 4) is 5.75 Å². The Bertz CT molecular complexity index is 372. The second-order valence-electron chi connectivity index (χ2n) is 5.67. The summed E-state index contributed by atoms with van der Waals surface area (Å²) < 4.78 is 10.8. The molecule has 0 bridgehead atoms. The van der Waals surface area contributed by atoms with Gasteiger partial charge in [0.1, 0.15) is 12.4 Å². The number of hydrogen-bond donors (Lipinski definition) is 1. The van der Waals surface area contributed by atoms with Gasteiger partial charge in [0.05, 0.1) is 6.61 Å². The van der Waals surface area contributed by atoms with E-state index >= 15 is 0 Å². The third-order valence-electron chi connectivity index (χ3n) is 3.94. The van der Waals surface area contributed by atoms with Gasteiger partial charge in [-0.2, -0.15) is 0 Å². The predicted octanol–water partition coefficient (Wildman–Crippen LogP) is 2.01. The van der Waals surface area contributed by atoms with Crippen molar-refractivity contribution < 1.29 is 9.47 Å². The second kappa shape index (κ2) is 9.77. The number of likely N-dealkylation sites (tertiary alicyclic amines) is 1. The molecule has 1 N–H and O–H groups in total. The zero-order valence-corrected chi connectivity index (χ0v) is 13.1. The lowest BCUT2D eigenvalue weighted by atomic mass is 9.98. The highest BCUT2D eigenvalue weighted by Gasteiger charge is 2.19.